The van der Waals surface area contributed by atoms with Crippen LogP contribution in [-0.2, 0) is 0 Å². The second-order valence-corrected chi connectivity index (χ2v) is 7.17. The minimum absolute atomic E-state index is 0.0619. The second-order valence-electron chi connectivity index (χ2n) is 5.31. The van der Waals surface area contributed by atoms with Crippen LogP contribution in [0.15, 0.2) is 74.1 Å². The minimum atomic E-state index is 0.0619. The zero-order valence-corrected chi connectivity index (χ0v) is 14.1. The smallest absolute Gasteiger partial charge is 0.159 e. The number of rotatable bonds is 2. The zero-order chi connectivity index (χ0) is 15.8. The number of Topliss-reactive ketones (excluding diaryl/α,β-unsaturated/α-hetero) is 1. The summed E-state index contributed by atoms with van der Waals surface area (Å²) in [7, 11) is 0. The molecule has 2 heterocycles. The first-order chi connectivity index (χ1) is 11.2. The summed E-state index contributed by atoms with van der Waals surface area (Å²) in [6.45, 7) is 1.59. The SMILES string of the molecule is CC(=O)c1ccc2c(c1)N=C(c1ccsc1)c1ccccc1S2. The van der Waals surface area contributed by atoms with Gasteiger partial charge in [-0.2, -0.15) is 11.3 Å². The summed E-state index contributed by atoms with van der Waals surface area (Å²) < 4.78 is 0. The van der Waals surface area contributed by atoms with Crippen molar-refractivity contribution in [2.45, 2.75) is 16.7 Å². The van der Waals surface area contributed by atoms with Crippen molar-refractivity contribution in [1.29, 1.82) is 0 Å². The molecule has 0 bridgehead atoms. The molecular weight excluding hydrogens is 322 g/mol. The predicted molar refractivity (Wildman–Crippen MR) is 96.6 cm³/mol. The largest absolute Gasteiger partial charge is 0.295 e. The molecule has 4 heteroatoms. The van der Waals surface area contributed by atoms with Gasteiger partial charge in [0.15, 0.2) is 5.78 Å². The Morgan fingerprint density at radius 1 is 1.04 bits per heavy atom. The van der Waals surface area contributed by atoms with Crippen molar-refractivity contribution in [3.05, 3.63) is 76.0 Å². The number of benzene rings is 2. The summed E-state index contributed by atoms with van der Waals surface area (Å²) in [4.78, 5) is 18.9. The van der Waals surface area contributed by atoms with E-state index in [0.717, 1.165) is 27.4 Å². The van der Waals surface area contributed by atoms with Gasteiger partial charge in [-0.1, -0.05) is 36.0 Å². The highest BCUT2D eigenvalue weighted by Crippen LogP contribution is 2.41. The number of aliphatic imine (C=N–C) groups is 1. The van der Waals surface area contributed by atoms with Gasteiger partial charge in [0.25, 0.3) is 0 Å². The molecule has 23 heavy (non-hydrogen) atoms. The van der Waals surface area contributed by atoms with E-state index in [1.165, 1.54) is 4.90 Å². The average Bonchev–Trinajstić information content (AvgIpc) is 3.03. The molecule has 0 atom stereocenters. The highest BCUT2D eigenvalue weighted by atomic mass is 32.2. The van der Waals surface area contributed by atoms with Gasteiger partial charge in [-0.3, -0.25) is 4.79 Å². The van der Waals surface area contributed by atoms with Crippen molar-refractivity contribution in [3.63, 3.8) is 0 Å². The van der Waals surface area contributed by atoms with Crippen LogP contribution in [0.5, 0.6) is 0 Å². The average molecular weight is 335 g/mol. The normalized spacial score (nSPS) is 12.8. The first-order valence-electron chi connectivity index (χ1n) is 7.26. The zero-order valence-electron chi connectivity index (χ0n) is 12.4. The Bertz CT molecular complexity index is 926. The lowest BCUT2D eigenvalue weighted by Crippen LogP contribution is -2.02. The Hall–Kier alpha value is -2.17. The number of nitrogens with zero attached hydrogens (tertiary/aromatic N) is 1. The lowest BCUT2D eigenvalue weighted by atomic mass is 10.0. The molecule has 4 rings (SSSR count). The monoisotopic (exact) mass is 335 g/mol. The first-order valence-corrected chi connectivity index (χ1v) is 9.02. The van der Waals surface area contributed by atoms with Crippen molar-refractivity contribution < 1.29 is 4.79 Å². The van der Waals surface area contributed by atoms with Crippen molar-refractivity contribution in [2.24, 2.45) is 4.99 Å². The van der Waals surface area contributed by atoms with Gasteiger partial charge in [0.2, 0.25) is 0 Å². The Morgan fingerprint density at radius 2 is 1.91 bits per heavy atom. The maximum atomic E-state index is 11.7. The number of hydrogen-bond acceptors (Lipinski definition) is 4. The molecule has 0 aliphatic carbocycles. The molecule has 1 aliphatic heterocycles. The van der Waals surface area contributed by atoms with Crippen molar-refractivity contribution >= 4 is 40.3 Å². The molecule has 0 radical (unpaired) electrons. The number of fused-ring (bicyclic) bond motifs is 2. The van der Waals surface area contributed by atoms with E-state index in [2.05, 4.69) is 29.0 Å². The quantitative estimate of drug-likeness (QED) is 0.447. The van der Waals surface area contributed by atoms with Crippen LogP contribution in [0, 0.1) is 0 Å². The summed E-state index contributed by atoms with van der Waals surface area (Å²) in [5, 5.41) is 4.17. The van der Waals surface area contributed by atoms with Gasteiger partial charge in [0.1, 0.15) is 0 Å². The highest BCUT2D eigenvalue weighted by Gasteiger charge is 2.19. The van der Waals surface area contributed by atoms with E-state index >= 15 is 0 Å². The number of carbonyl (C=O) groups is 1. The first kappa shape index (κ1) is 14.4. The molecule has 0 saturated carbocycles. The lowest BCUT2D eigenvalue weighted by molar-refractivity contribution is 0.101. The second kappa shape index (κ2) is 5.80. The summed E-state index contributed by atoms with van der Waals surface area (Å²) in [6.07, 6.45) is 0. The maximum absolute atomic E-state index is 11.7. The van der Waals surface area contributed by atoms with Crippen LogP contribution in [0.1, 0.15) is 28.4 Å². The Balaban J connectivity index is 1.98. The topological polar surface area (TPSA) is 29.4 Å². The van der Waals surface area contributed by atoms with Crippen LogP contribution in [-0.4, -0.2) is 11.5 Å². The van der Waals surface area contributed by atoms with Gasteiger partial charge < -0.3 is 0 Å². The molecule has 1 aromatic heterocycles. The highest BCUT2D eigenvalue weighted by molar-refractivity contribution is 7.99. The summed E-state index contributed by atoms with van der Waals surface area (Å²) in [6, 6.07) is 16.2. The molecule has 0 unspecified atom stereocenters. The molecular formula is C19H13NOS2. The molecule has 0 amide bonds. The van der Waals surface area contributed by atoms with Gasteiger partial charge >= 0.3 is 0 Å². The van der Waals surface area contributed by atoms with Crippen molar-refractivity contribution in [2.75, 3.05) is 0 Å². The molecule has 3 aromatic rings. The van der Waals surface area contributed by atoms with E-state index in [0.29, 0.717) is 5.56 Å². The van der Waals surface area contributed by atoms with E-state index in [1.54, 1.807) is 30.0 Å². The Labute approximate surface area is 142 Å². The number of ketones is 1. The number of thiophene rings is 1. The third-order valence-electron chi connectivity index (χ3n) is 3.75. The fraction of sp³-hybridized carbons (Fsp3) is 0.0526. The molecule has 1 aliphatic rings. The number of hydrogen-bond donors (Lipinski definition) is 0. The molecule has 0 fully saturated rings. The van der Waals surface area contributed by atoms with E-state index in [4.69, 9.17) is 4.99 Å². The van der Waals surface area contributed by atoms with Crippen LogP contribution >= 0.6 is 23.1 Å². The third kappa shape index (κ3) is 2.64. The van der Waals surface area contributed by atoms with Crippen LogP contribution in [0.4, 0.5) is 5.69 Å². The van der Waals surface area contributed by atoms with E-state index in [-0.39, 0.29) is 5.78 Å². The van der Waals surface area contributed by atoms with E-state index in [9.17, 15) is 4.79 Å². The van der Waals surface area contributed by atoms with E-state index in [1.807, 2.05) is 30.3 Å². The van der Waals surface area contributed by atoms with E-state index < -0.39 is 0 Å². The summed E-state index contributed by atoms with van der Waals surface area (Å²) in [5.41, 5.74) is 4.78. The fourth-order valence-corrected chi connectivity index (χ4v) is 4.22. The maximum Gasteiger partial charge on any atom is 0.159 e. The summed E-state index contributed by atoms with van der Waals surface area (Å²) in [5.74, 6) is 0.0619. The van der Waals surface area contributed by atoms with Crippen molar-refractivity contribution in [1.82, 2.24) is 0 Å². The molecule has 0 N–H and O–H groups in total. The lowest BCUT2D eigenvalue weighted by Gasteiger charge is -2.07. The van der Waals surface area contributed by atoms with Gasteiger partial charge in [0, 0.05) is 31.9 Å². The van der Waals surface area contributed by atoms with Gasteiger partial charge in [-0.15, -0.1) is 0 Å². The van der Waals surface area contributed by atoms with Crippen LogP contribution in [0.2, 0.25) is 0 Å². The summed E-state index contributed by atoms with van der Waals surface area (Å²) >= 11 is 3.36. The van der Waals surface area contributed by atoms with Crippen LogP contribution in [0.25, 0.3) is 0 Å². The van der Waals surface area contributed by atoms with Crippen molar-refractivity contribution in [3.8, 4) is 0 Å². The molecule has 0 saturated heterocycles. The standard InChI is InChI=1S/C19H13NOS2/c1-12(21)13-6-7-18-16(10-13)20-19(14-8-9-22-11-14)15-4-2-3-5-17(15)23-18/h2-11H,1H3. The molecule has 2 nitrogen and oxygen atoms in total. The molecule has 0 spiro atoms. The van der Waals surface area contributed by atoms with Gasteiger partial charge in [-0.25, -0.2) is 4.99 Å². The number of carbonyl (C=O) groups excluding carboxylic acids is 1. The minimum Gasteiger partial charge on any atom is -0.295 e. The van der Waals surface area contributed by atoms with Crippen LogP contribution < -0.4 is 0 Å². The molecule has 2 aromatic carbocycles. The predicted octanol–water partition coefficient (Wildman–Crippen LogP) is 5.58. The molecule has 112 valence electrons. The van der Waals surface area contributed by atoms with Crippen LogP contribution in [0.3, 0.4) is 0 Å². The van der Waals surface area contributed by atoms with Gasteiger partial charge in [-0.05, 0) is 36.6 Å². The third-order valence-corrected chi connectivity index (χ3v) is 5.58. The fourth-order valence-electron chi connectivity index (χ4n) is 2.58. The Morgan fingerprint density at radius 3 is 2.70 bits per heavy atom. The Kier molecular flexibility index (Phi) is 3.63. The van der Waals surface area contributed by atoms with Gasteiger partial charge in [0.05, 0.1) is 11.4 Å².